The number of nitrogens with zero attached hydrogens (tertiary/aromatic N) is 6. The number of hydrogen-bond donors (Lipinski definition) is 2. The summed E-state index contributed by atoms with van der Waals surface area (Å²) >= 11 is 3.58. The van der Waals surface area contributed by atoms with Gasteiger partial charge in [-0.1, -0.05) is 52.8 Å². The van der Waals surface area contributed by atoms with E-state index in [0.29, 0.717) is 29.5 Å². The first-order chi connectivity index (χ1) is 31.4. The number of carbonyl (C=O) groups excluding carboxylic acids is 2. The van der Waals surface area contributed by atoms with Gasteiger partial charge in [0.1, 0.15) is 11.4 Å². The Balaban J connectivity index is 0.000000338. The number of aromatic amines is 2. The quantitative estimate of drug-likeness (QED) is 0.0647. The zero-order chi connectivity index (χ0) is 48.8. The van der Waals surface area contributed by atoms with E-state index < -0.39 is 28.3 Å². The van der Waals surface area contributed by atoms with E-state index >= 15 is 0 Å². The number of nitrogens with one attached hydrogen (secondary N) is 2. The minimum atomic E-state index is -0.644. The van der Waals surface area contributed by atoms with Crippen molar-refractivity contribution in [2.24, 2.45) is 0 Å². The molecule has 0 amide bonds. The maximum absolute atomic E-state index is 13.7. The second-order valence-electron chi connectivity index (χ2n) is 16.3. The molecule has 0 saturated heterocycles. The van der Waals surface area contributed by atoms with Crippen molar-refractivity contribution in [3.05, 3.63) is 199 Å². The van der Waals surface area contributed by atoms with Crippen LogP contribution in [0.4, 0.5) is 0 Å². The van der Waals surface area contributed by atoms with Gasteiger partial charge < -0.3 is 0 Å². The fraction of sp³-hybridized carbons (Fsp3) is 0.294. The third-order valence-electron chi connectivity index (χ3n) is 10.3. The van der Waals surface area contributed by atoms with Gasteiger partial charge in [-0.05, 0) is 128 Å². The Bertz CT molecular complexity index is 3150. The summed E-state index contributed by atoms with van der Waals surface area (Å²) in [5.41, 5.74) is 5.47. The van der Waals surface area contributed by atoms with Crippen molar-refractivity contribution in [1.82, 2.24) is 29.1 Å². The SMILES string of the molecule is C.Cc1cc(/C=C/C#N)cc(C(=O)c2c(C(C)C)c(=O)[nH]c(=O)n2Cc2ccnc(C)c2)c1.Cc1cc(CCC#N)cc(C(=O)c2c(C(C)C)c(=O)[nH]c(=O)n2Cc2ccnc(C)c2)c1.[B]=S. The molecular formula is C51H54BN8O6S. The van der Waals surface area contributed by atoms with Crippen LogP contribution in [0.1, 0.15) is 141 Å². The van der Waals surface area contributed by atoms with Crippen molar-refractivity contribution in [1.29, 1.82) is 10.5 Å². The molecule has 0 aliphatic rings. The number of pyridine rings is 2. The predicted octanol–water partition coefficient (Wildman–Crippen LogP) is 7.80. The molecule has 0 aliphatic carbocycles. The van der Waals surface area contributed by atoms with Crippen LogP contribution in [0.3, 0.4) is 0 Å². The van der Waals surface area contributed by atoms with Crippen LogP contribution in [0.5, 0.6) is 0 Å². The number of H-pyrrole nitrogens is 2. The molecule has 0 unspecified atom stereocenters. The Morgan fingerprint density at radius 2 is 1.13 bits per heavy atom. The van der Waals surface area contributed by atoms with E-state index in [1.807, 2.05) is 85.7 Å². The number of rotatable bonds is 13. The first-order valence-electron chi connectivity index (χ1n) is 21.0. The first-order valence-corrected chi connectivity index (χ1v) is 21.4. The summed E-state index contributed by atoms with van der Waals surface area (Å²) in [6, 6.07) is 21.9. The number of hydrogen-bond acceptors (Lipinski definition) is 11. The van der Waals surface area contributed by atoms with E-state index in [4.69, 9.17) is 10.5 Å². The Morgan fingerprint density at radius 1 is 0.687 bits per heavy atom. The molecule has 0 fully saturated rings. The summed E-state index contributed by atoms with van der Waals surface area (Å²) in [4.78, 5) is 91.6. The van der Waals surface area contributed by atoms with Gasteiger partial charge in [-0.15, -0.1) is 0 Å². The van der Waals surface area contributed by atoms with Crippen LogP contribution in [-0.2, 0) is 19.5 Å². The second-order valence-corrected chi connectivity index (χ2v) is 16.3. The standard InChI is InChI=1S/C25H26N4O3.C25H24N4O3.CH4.BS/c2*1-15(2)21-22(23(30)20-11-16(3)10-18(13-20)6-5-8-26)29(25(32)28-24(21)31)14-19-7-9-27-17(4)12-19;;1-2/h7,9-13,15H,5-6,14H2,1-4H3,(H,28,31,32);5-7,9-13,15H,14H2,1-4H3,(H,28,31,32);1H4;/b;6-5+;;. The number of aromatic nitrogens is 6. The molecule has 14 nitrogen and oxygen atoms in total. The van der Waals surface area contributed by atoms with Crippen LogP contribution in [0, 0.1) is 50.4 Å². The van der Waals surface area contributed by atoms with Gasteiger partial charge in [0.05, 0.1) is 25.2 Å². The van der Waals surface area contributed by atoms with Crippen LogP contribution >= 0.6 is 12.1 Å². The molecular weight excluding hydrogens is 863 g/mol. The van der Waals surface area contributed by atoms with Gasteiger partial charge in [0.2, 0.25) is 11.6 Å². The topological polar surface area (TPSA) is 217 Å². The van der Waals surface area contributed by atoms with Crippen molar-refractivity contribution in [3.8, 4) is 12.1 Å². The second kappa shape index (κ2) is 24.7. The fourth-order valence-electron chi connectivity index (χ4n) is 7.59. The van der Waals surface area contributed by atoms with Gasteiger partial charge in [0.25, 0.3) is 11.1 Å². The molecule has 0 bridgehead atoms. The van der Waals surface area contributed by atoms with Gasteiger partial charge in [-0.25, -0.2) is 9.59 Å². The van der Waals surface area contributed by atoms with Crippen LogP contribution in [0.25, 0.3) is 6.08 Å². The molecule has 2 aromatic carbocycles. The Labute approximate surface area is 396 Å². The van der Waals surface area contributed by atoms with Crippen molar-refractivity contribution >= 4 is 36.4 Å². The molecule has 67 heavy (non-hydrogen) atoms. The normalized spacial score (nSPS) is 10.6. The number of nitriles is 2. The van der Waals surface area contributed by atoms with Gasteiger partial charge in [-0.2, -0.15) is 10.5 Å². The molecule has 16 heteroatoms. The molecule has 4 heterocycles. The van der Waals surface area contributed by atoms with E-state index in [0.717, 1.165) is 39.2 Å². The molecule has 6 aromatic rings. The number of aryl methyl sites for hydroxylation is 5. The monoisotopic (exact) mass is 917 g/mol. The summed E-state index contributed by atoms with van der Waals surface area (Å²) in [7, 11) is 0. The molecule has 0 spiro atoms. The molecule has 0 saturated carbocycles. The average Bonchev–Trinajstić information content (AvgIpc) is 3.26. The Kier molecular flexibility index (Phi) is 19.8. The minimum absolute atomic E-state index is 0. The zero-order valence-electron chi connectivity index (χ0n) is 38.2. The van der Waals surface area contributed by atoms with Gasteiger partial charge >= 0.3 is 30.2 Å². The van der Waals surface area contributed by atoms with Crippen molar-refractivity contribution < 1.29 is 9.59 Å². The maximum atomic E-state index is 13.7. The van der Waals surface area contributed by atoms with E-state index in [1.54, 1.807) is 54.9 Å². The van der Waals surface area contributed by atoms with Crippen LogP contribution in [0.2, 0.25) is 0 Å². The van der Waals surface area contributed by atoms with Crippen LogP contribution < -0.4 is 22.5 Å². The van der Waals surface area contributed by atoms with Gasteiger partial charge in [0.15, 0.2) is 0 Å². The van der Waals surface area contributed by atoms with Crippen molar-refractivity contribution in [2.75, 3.05) is 0 Å². The summed E-state index contributed by atoms with van der Waals surface area (Å²) in [5.74, 6) is -1.36. The van der Waals surface area contributed by atoms with Crippen LogP contribution in [-0.4, -0.2) is 47.4 Å². The number of carbonyl (C=O) groups is 2. The van der Waals surface area contributed by atoms with Gasteiger partial charge in [-0.3, -0.25) is 48.2 Å². The predicted molar refractivity (Wildman–Crippen MR) is 265 cm³/mol. The number of ketones is 2. The first kappa shape index (κ1) is 53.8. The molecule has 0 atom stereocenters. The van der Waals surface area contributed by atoms with Gasteiger partial charge in [0, 0.05) is 58.5 Å². The van der Waals surface area contributed by atoms with Crippen molar-refractivity contribution in [3.63, 3.8) is 0 Å². The van der Waals surface area contributed by atoms with Crippen molar-refractivity contribution in [2.45, 2.75) is 101 Å². The number of benzene rings is 2. The van der Waals surface area contributed by atoms with Crippen LogP contribution in [0.15, 0.2) is 98.3 Å². The zero-order valence-corrected chi connectivity index (χ0v) is 39.0. The number of allylic oxidation sites excluding steroid dienone is 1. The average molecular weight is 918 g/mol. The molecule has 1 radical (unpaired) electrons. The third kappa shape index (κ3) is 13.7. The fourth-order valence-corrected chi connectivity index (χ4v) is 7.59. The van der Waals surface area contributed by atoms with E-state index in [1.165, 1.54) is 15.2 Å². The van der Waals surface area contributed by atoms with E-state index in [-0.39, 0.29) is 60.6 Å². The molecule has 4 aromatic heterocycles. The Morgan fingerprint density at radius 3 is 1.55 bits per heavy atom. The third-order valence-corrected chi connectivity index (χ3v) is 10.3. The molecule has 343 valence electrons. The molecule has 2 N–H and O–H groups in total. The molecule has 0 aliphatic heterocycles. The molecule has 6 rings (SSSR count). The summed E-state index contributed by atoms with van der Waals surface area (Å²) in [6.07, 6.45) is 7.09. The summed E-state index contributed by atoms with van der Waals surface area (Å²) < 4.78 is 2.66. The Hall–Kier alpha value is -7.56. The van der Waals surface area contributed by atoms with E-state index in [9.17, 15) is 28.8 Å². The summed E-state index contributed by atoms with van der Waals surface area (Å²) in [6.45, 7) is 19.0. The van der Waals surface area contributed by atoms with E-state index in [2.05, 4.69) is 44.8 Å². The summed E-state index contributed by atoms with van der Waals surface area (Å²) in [5, 5.41) is 17.7.